The highest BCUT2D eigenvalue weighted by molar-refractivity contribution is 5.79. The van der Waals surface area contributed by atoms with Crippen molar-refractivity contribution in [3.63, 3.8) is 0 Å². The molecule has 0 radical (unpaired) electrons. The third-order valence-corrected chi connectivity index (χ3v) is 3.12. The van der Waals surface area contributed by atoms with Crippen molar-refractivity contribution in [3.05, 3.63) is 22.8 Å². The highest BCUT2D eigenvalue weighted by Gasteiger charge is 2.27. The van der Waals surface area contributed by atoms with Gasteiger partial charge in [-0.3, -0.25) is 4.79 Å². The zero-order valence-electron chi connectivity index (χ0n) is 11.1. The summed E-state index contributed by atoms with van der Waals surface area (Å²) in [5, 5.41) is 9.25. The van der Waals surface area contributed by atoms with Gasteiger partial charge in [-0.15, -0.1) is 0 Å². The summed E-state index contributed by atoms with van der Waals surface area (Å²) in [6.45, 7) is 3.77. The van der Waals surface area contributed by atoms with Crippen LogP contribution in [0.3, 0.4) is 0 Å². The summed E-state index contributed by atoms with van der Waals surface area (Å²) in [4.78, 5) is 11.3. The monoisotopic (exact) mass is 253 g/mol. The van der Waals surface area contributed by atoms with Crippen molar-refractivity contribution >= 4 is 5.97 Å². The van der Waals surface area contributed by atoms with Crippen LogP contribution in [0.4, 0.5) is 0 Å². The van der Waals surface area contributed by atoms with Crippen molar-refractivity contribution < 1.29 is 19.4 Å². The van der Waals surface area contributed by atoms with Gasteiger partial charge in [-0.25, -0.2) is 0 Å². The van der Waals surface area contributed by atoms with Gasteiger partial charge in [0.05, 0.1) is 20.1 Å². The summed E-state index contributed by atoms with van der Waals surface area (Å²) >= 11 is 0. The van der Waals surface area contributed by atoms with E-state index in [1.165, 1.54) is 14.2 Å². The van der Waals surface area contributed by atoms with Crippen LogP contribution in [-0.4, -0.2) is 31.8 Å². The lowest BCUT2D eigenvalue weighted by Crippen LogP contribution is -2.23. The van der Waals surface area contributed by atoms with E-state index in [4.69, 9.17) is 15.2 Å². The van der Waals surface area contributed by atoms with Crippen molar-refractivity contribution in [1.82, 2.24) is 0 Å². The van der Waals surface area contributed by atoms with Gasteiger partial charge in [0.2, 0.25) is 0 Å². The Balaban J connectivity index is 3.57. The third-order valence-electron chi connectivity index (χ3n) is 3.12. The predicted octanol–water partition coefficient (Wildman–Crippen LogP) is 1.45. The molecule has 5 heteroatoms. The third kappa shape index (κ3) is 2.41. The molecule has 1 aromatic rings. The fraction of sp³-hybridized carbons (Fsp3) is 0.462. The van der Waals surface area contributed by atoms with Crippen molar-refractivity contribution in [2.45, 2.75) is 19.8 Å². The average Bonchev–Trinajstić information content (AvgIpc) is 2.34. The van der Waals surface area contributed by atoms with E-state index in [1.54, 1.807) is 0 Å². The Hall–Kier alpha value is -1.75. The van der Waals surface area contributed by atoms with Crippen LogP contribution in [0, 0.1) is 13.8 Å². The second kappa shape index (κ2) is 5.73. The van der Waals surface area contributed by atoms with Crippen LogP contribution in [0.5, 0.6) is 11.5 Å². The maximum absolute atomic E-state index is 11.3. The molecule has 0 aliphatic rings. The first-order valence-corrected chi connectivity index (χ1v) is 5.62. The summed E-state index contributed by atoms with van der Waals surface area (Å²) in [7, 11) is 3.01. The quantitative estimate of drug-likeness (QED) is 0.830. The van der Waals surface area contributed by atoms with Gasteiger partial charge in [-0.2, -0.15) is 0 Å². The molecule has 100 valence electrons. The van der Waals surface area contributed by atoms with E-state index >= 15 is 0 Å². The van der Waals surface area contributed by atoms with Gasteiger partial charge in [0.1, 0.15) is 0 Å². The SMILES string of the molecule is COc1cc(C)c(C)c(C(CN)C(=O)O)c1OC. The smallest absolute Gasteiger partial charge is 0.312 e. The van der Waals surface area contributed by atoms with Gasteiger partial charge in [0, 0.05) is 12.1 Å². The molecule has 0 aliphatic carbocycles. The number of aliphatic carboxylic acids is 1. The maximum Gasteiger partial charge on any atom is 0.312 e. The number of ether oxygens (including phenoxy) is 2. The first kappa shape index (κ1) is 14.3. The van der Waals surface area contributed by atoms with Crippen LogP contribution in [0.2, 0.25) is 0 Å². The number of carboxylic acids is 1. The summed E-state index contributed by atoms with van der Waals surface area (Å²) in [6.07, 6.45) is 0. The summed E-state index contributed by atoms with van der Waals surface area (Å²) < 4.78 is 10.5. The van der Waals surface area contributed by atoms with E-state index in [0.717, 1.165) is 11.1 Å². The van der Waals surface area contributed by atoms with Crippen molar-refractivity contribution in [2.75, 3.05) is 20.8 Å². The van der Waals surface area contributed by atoms with Crippen LogP contribution in [0.1, 0.15) is 22.6 Å². The van der Waals surface area contributed by atoms with E-state index in [9.17, 15) is 9.90 Å². The Morgan fingerprint density at radius 2 is 2.00 bits per heavy atom. The minimum Gasteiger partial charge on any atom is -0.493 e. The lowest BCUT2D eigenvalue weighted by Gasteiger charge is -2.21. The fourth-order valence-corrected chi connectivity index (χ4v) is 2.01. The molecule has 0 saturated heterocycles. The average molecular weight is 253 g/mol. The van der Waals surface area contributed by atoms with Gasteiger partial charge in [0.25, 0.3) is 0 Å². The molecule has 0 spiro atoms. The molecule has 0 fully saturated rings. The number of rotatable bonds is 5. The molecular formula is C13H19NO4. The lowest BCUT2D eigenvalue weighted by atomic mass is 9.90. The van der Waals surface area contributed by atoms with Gasteiger partial charge < -0.3 is 20.3 Å². The van der Waals surface area contributed by atoms with Crippen LogP contribution in [-0.2, 0) is 4.79 Å². The van der Waals surface area contributed by atoms with E-state index in [-0.39, 0.29) is 6.54 Å². The second-order valence-electron chi connectivity index (χ2n) is 4.09. The number of hydrogen-bond donors (Lipinski definition) is 2. The highest BCUT2D eigenvalue weighted by Crippen LogP contribution is 2.39. The van der Waals surface area contributed by atoms with Crippen LogP contribution in [0.15, 0.2) is 6.07 Å². The number of carbonyl (C=O) groups is 1. The molecule has 0 aliphatic heterocycles. The first-order chi connectivity index (χ1) is 8.47. The van der Waals surface area contributed by atoms with Crippen LogP contribution in [0.25, 0.3) is 0 Å². The van der Waals surface area contributed by atoms with Gasteiger partial charge in [-0.05, 0) is 31.0 Å². The standard InChI is InChI=1S/C13H19NO4/c1-7-5-10(17-3)12(18-4)11(8(7)2)9(6-14)13(15)16/h5,9H,6,14H2,1-4H3,(H,15,16). The zero-order valence-corrected chi connectivity index (χ0v) is 11.1. The molecule has 1 unspecified atom stereocenters. The molecule has 1 atom stereocenters. The van der Waals surface area contributed by atoms with Crippen molar-refractivity contribution in [3.8, 4) is 11.5 Å². The van der Waals surface area contributed by atoms with E-state index in [0.29, 0.717) is 17.1 Å². The van der Waals surface area contributed by atoms with Gasteiger partial charge in [0.15, 0.2) is 11.5 Å². The molecule has 0 heterocycles. The zero-order chi connectivity index (χ0) is 13.9. The first-order valence-electron chi connectivity index (χ1n) is 5.62. The van der Waals surface area contributed by atoms with E-state index in [1.807, 2.05) is 19.9 Å². The van der Waals surface area contributed by atoms with Crippen LogP contribution < -0.4 is 15.2 Å². The van der Waals surface area contributed by atoms with E-state index < -0.39 is 11.9 Å². The predicted molar refractivity (Wildman–Crippen MR) is 68.5 cm³/mol. The fourth-order valence-electron chi connectivity index (χ4n) is 2.01. The van der Waals surface area contributed by atoms with Crippen molar-refractivity contribution in [1.29, 1.82) is 0 Å². The number of benzene rings is 1. The highest BCUT2D eigenvalue weighted by atomic mass is 16.5. The largest absolute Gasteiger partial charge is 0.493 e. The molecule has 1 aromatic carbocycles. The Morgan fingerprint density at radius 1 is 1.39 bits per heavy atom. The number of carboxylic acid groups (broad SMARTS) is 1. The normalized spacial score (nSPS) is 12.1. The minimum absolute atomic E-state index is 0.0130. The number of aryl methyl sites for hydroxylation is 1. The molecular weight excluding hydrogens is 234 g/mol. The summed E-state index contributed by atoms with van der Waals surface area (Å²) in [6, 6.07) is 1.83. The Morgan fingerprint density at radius 3 is 2.39 bits per heavy atom. The number of methoxy groups -OCH3 is 2. The maximum atomic E-state index is 11.3. The molecule has 18 heavy (non-hydrogen) atoms. The molecule has 3 N–H and O–H groups in total. The summed E-state index contributed by atoms with van der Waals surface area (Å²) in [5.74, 6) is -0.797. The molecule has 0 bridgehead atoms. The molecule has 0 saturated carbocycles. The summed E-state index contributed by atoms with van der Waals surface area (Å²) in [5.41, 5.74) is 7.96. The Labute approximate surface area is 107 Å². The Kier molecular flexibility index (Phi) is 4.55. The van der Waals surface area contributed by atoms with Gasteiger partial charge >= 0.3 is 5.97 Å². The van der Waals surface area contributed by atoms with E-state index in [2.05, 4.69) is 0 Å². The second-order valence-corrected chi connectivity index (χ2v) is 4.09. The van der Waals surface area contributed by atoms with Gasteiger partial charge in [-0.1, -0.05) is 0 Å². The van der Waals surface area contributed by atoms with Crippen molar-refractivity contribution in [2.24, 2.45) is 5.73 Å². The molecule has 5 nitrogen and oxygen atoms in total. The number of hydrogen-bond acceptors (Lipinski definition) is 4. The molecule has 0 aromatic heterocycles. The number of nitrogens with two attached hydrogens (primary N) is 1. The molecule has 1 rings (SSSR count). The lowest BCUT2D eigenvalue weighted by molar-refractivity contribution is -0.138. The Bertz CT molecular complexity index is 457. The molecule has 0 amide bonds. The topological polar surface area (TPSA) is 81.8 Å². The minimum atomic E-state index is -0.966. The van der Waals surface area contributed by atoms with Crippen LogP contribution >= 0.6 is 0 Å².